The van der Waals surface area contributed by atoms with Crippen molar-refractivity contribution < 1.29 is 5.11 Å². The van der Waals surface area contributed by atoms with Crippen molar-refractivity contribution in [3.8, 4) is 0 Å². The smallest absolute Gasteiger partial charge is 0.0534 e. The van der Waals surface area contributed by atoms with Crippen molar-refractivity contribution in [1.82, 2.24) is 0 Å². The van der Waals surface area contributed by atoms with Gasteiger partial charge in [0.05, 0.1) is 6.61 Å². The lowest BCUT2D eigenvalue weighted by Gasteiger charge is -2.11. The summed E-state index contributed by atoms with van der Waals surface area (Å²) >= 11 is 0. The fraction of sp³-hybridized carbons (Fsp3) is 0.462. The molecule has 1 rings (SSSR count). The molecule has 0 saturated carbocycles. The standard InChI is InChI=1S/C13H19O/c1-4-5-12-6-7-13(8-10(12)2)11(3)9-14/h6-8,14H,4-5,9H2,1-3H3. The number of benzene rings is 1. The highest BCUT2D eigenvalue weighted by Gasteiger charge is 2.06. The molecule has 0 aliphatic heterocycles. The van der Waals surface area contributed by atoms with Gasteiger partial charge in [0, 0.05) is 5.92 Å². The molecule has 0 heterocycles. The van der Waals surface area contributed by atoms with Crippen molar-refractivity contribution in [2.24, 2.45) is 0 Å². The van der Waals surface area contributed by atoms with Gasteiger partial charge in [-0.05, 0) is 30.0 Å². The molecule has 0 spiro atoms. The fourth-order valence-corrected chi connectivity index (χ4v) is 1.60. The molecule has 0 amide bonds. The lowest BCUT2D eigenvalue weighted by Crippen LogP contribution is -2.01. The summed E-state index contributed by atoms with van der Waals surface area (Å²) in [5.74, 6) is 1.04. The Bertz CT molecular complexity index is 291. The molecule has 1 N–H and O–H groups in total. The molecule has 0 atom stereocenters. The maximum atomic E-state index is 9.01. The van der Waals surface area contributed by atoms with E-state index >= 15 is 0 Å². The Balaban J connectivity index is 2.88. The van der Waals surface area contributed by atoms with Crippen LogP contribution < -0.4 is 0 Å². The SMILES string of the molecule is CCCc1ccc([C](C)CO)cc1C. The lowest BCUT2D eigenvalue weighted by atomic mass is 9.95. The minimum atomic E-state index is 0.145. The number of aryl methyl sites for hydroxylation is 2. The van der Waals surface area contributed by atoms with E-state index in [4.69, 9.17) is 5.11 Å². The highest BCUT2D eigenvalue weighted by atomic mass is 16.3. The molecule has 0 aromatic heterocycles. The van der Waals surface area contributed by atoms with Crippen LogP contribution in [-0.4, -0.2) is 11.7 Å². The van der Waals surface area contributed by atoms with Gasteiger partial charge in [-0.3, -0.25) is 0 Å². The van der Waals surface area contributed by atoms with E-state index in [1.807, 2.05) is 6.92 Å². The van der Waals surface area contributed by atoms with E-state index in [0.717, 1.165) is 17.9 Å². The van der Waals surface area contributed by atoms with Gasteiger partial charge in [0.1, 0.15) is 0 Å². The first-order valence-corrected chi connectivity index (χ1v) is 5.22. The number of rotatable bonds is 4. The molecular formula is C13H19O. The van der Waals surface area contributed by atoms with Crippen LogP contribution in [0, 0.1) is 12.8 Å². The molecule has 0 fully saturated rings. The Morgan fingerprint density at radius 3 is 2.57 bits per heavy atom. The van der Waals surface area contributed by atoms with Gasteiger partial charge in [0.2, 0.25) is 0 Å². The summed E-state index contributed by atoms with van der Waals surface area (Å²) in [4.78, 5) is 0. The molecule has 1 aromatic rings. The van der Waals surface area contributed by atoms with Gasteiger partial charge in [-0.1, -0.05) is 38.5 Å². The molecule has 0 saturated heterocycles. The molecule has 0 unspecified atom stereocenters. The van der Waals surface area contributed by atoms with Crippen LogP contribution >= 0.6 is 0 Å². The zero-order valence-electron chi connectivity index (χ0n) is 9.30. The van der Waals surface area contributed by atoms with Crippen LogP contribution in [0.15, 0.2) is 18.2 Å². The van der Waals surface area contributed by atoms with E-state index < -0.39 is 0 Å². The van der Waals surface area contributed by atoms with Crippen molar-refractivity contribution in [3.05, 3.63) is 40.8 Å². The Hall–Kier alpha value is -0.820. The van der Waals surface area contributed by atoms with E-state index in [9.17, 15) is 0 Å². The first-order valence-electron chi connectivity index (χ1n) is 5.22. The van der Waals surface area contributed by atoms with Crippen molar-refractivity contribution in [2.45, 2.75) is 33.6 Å². The molecule has 1 heteroatoms. The Kier molecular flexibility index (Phi) is 4.15. The maximum absolute atomic E-state index is 9.01. The highest BCUT2D eigenvalue weighted by Crippen LogP contribution is 2.18. The third-order valence-corrected chi connectivity index (χ3v) is 2.59. The molecule has 1 nitrogen and oxygen atoms in total. The second-order valence-electron chi connectivity index (χ2n) is 3.83. The topological polar surface area (TPSA) is 20.2 Å². The summed E-state index contributed by atoms with van der Waals surface area (Å²) in [6.45, 7) is 6.44. The Morgan fingerprint density at radius 2 is 2.07 bits per heavy atom. The summed E-state index contributed by atoms with van der Waals surface area (Å²) in [6.07, 6.45) is 2.33. The molecule has 1 aromatic carbocycles. The van der Waals surface area contributed by atoms with E-state index in [-0.39, 0.29) is 6.61 Å². The summed E-state index contributed by atoms with van der Waals surface area (Å²) in [5.41, 5.74) is 3.91. The monoisotopic (exact) mass is 191 g/mol. The van der Waals surface area contributed by atoms with Crippen LogP contribution in [0.25, 0.3) is 0 Å². The molecule has 0 aliphatic rings. The summed E-state index contributed by atoms with van der Waals surface area (Å²) in [6, 6.07) is 6.44. The van der Waals surface area contributed by atoms with Crippen molar-refractivity contribution in [1.29, 1.82) is 0 Å². The third kappa shape index (κ3) is 2.58. The first-order chi connectivity index (χ1) is 6.69. The van der Waals surface area contributed by atoms with E-state index in [2.05, 4.69) is 32.0 Å². The molecule has 0 aliphatic carbocycles. The van der Waals surface area contributed by atoms with Crippen molar-refractivity contribution in [3.63, 3.8) is 0 Å². The van der Waals surface area contributed by atoms with Gasteiger partial charge in [0.25, 0.3) is 0 Å². The zero-order valence-corrected chi connectivity index (χ0v) is 9.30. The van der Waals surface area contributed by atoms with Crippen LogP contribution in [0.4, 0.5) is 0 Å². The summed E-state index contributed by atoms with van der Waals surface area (Å²) in [7, 11) is 0. The predicted octanol–water partition coefficient (Wildman–Crippen LogP) is 2.88. The van der Waals surface area contributed by atoms with Crippen LogP contribution in [0.2, 0.25) is 0 Å². The molecule has 1 radical (unpaired) electrons. The molecular weight excluding hydrogens is 172 g/mol. The van der Waals surface area contributed by atoms with Crippen LogP contribution in [-0.2, 0) is 6.42 Å². The zero-order chi connectivity index (χ0) is 10.6. The van der Waals surface area contributed by atoms with Crippen molar-refractivity contribution >= 4 is 0 Å². The molecule has 14 heavy (non-hydrogen) atoms. The second kappa shape index (κ2) is 5.16. The Labute approximate surface area is 86.8 Å². The van der Waals surface area contributed by atoms with Crippen LogP contribution in [0.1, 0.15) is 37.0 Å². The van der Waals surface area contributed by atoms with Crippen molar-refractivity contribution in [2.75, 3.05) is 6.61 Å². The van der Waals surface area contributed by atoms with E-state index in [0.29, 0.717) is 0 Å². The van der Waals surface area contributed by atoms with Crippen LogP contribution in [0.5, 0.6) is 0 Å². The van der Waals surface area contributed by atoms with Gasteiger partial charge in [0.15, 0.2) is 0 Å². The number of hydrogen-bond acceptors (Lipinski definition) is 1. The normalized spacial score (nSPS) is 10.9. The largest absolute Gasteiger partial charge is 0.395 e. The predicted molar refractivity (Wildman–Crippen MR) is 60.3 cm³/mol. The third-order valence-electron chi connectivity index (χ3n) is 2.59. The van der Waals surface area contributed by atoms with Gasteiger partial charge < -0.3 is 5.11 Å². The number of aliphatic hydroxyl groups is 1. The summed E-state index contributed by atoms with van der Waals surface area (Å²) < 4.78 is 0. The minimum Gasteiger partial charge on any atom is -0.395 e. The minimum absolute atomic E-state index is 0.145. The maximum Gasteiger partial charge on any atom is 0.0534 e. The van der Waals surface area contributed by atoms with Gasteiger partial charge >= 0.3 is 0 Å². The Morgan fingerprint density at radius 1 is 1.36 bits per heavy atom. The van der Waals surface area contributed by atoms with E-state index in [1.54, 1.807) is 0 Å². The van der Waals surface area contributed by atoms with Crippen LogP contribution in [0.3, 0.4) is 0 Å². The lowest BCUT2D eigenvalue weighted by molar-refractivity contribution is 0.315. The van der Waals surface area contributed by atoms with Gasteiger partial charge in [-0.25, -0.2) is 0 Å². The van der Waals surface area contributed by atoms with E-state index in [1.165, 1.54) is 17.5 Å². The highest BCUT2D eigenvalue weighted by molar-refractivity contribution is 5.37. The number of hydrogen-bond donors (Lipinski definition) is 1. The van der Waals surface area contributed by atoms with Gasteiger partial charge in [-0.2, -0.15) is 0 Å². The number of aliphatic hydroxyl groups excluding tert-OH is 1. The average molecular weight is 191 g/mol. The summed E-state index contributed by atoms with van der Waals surface area (Å²) in [5, 5.41) is 9.01. The molecule has 77 valence electrons. The average Bonchev–Trinajstić information content (AvgIpc) is 2.20. The first kappa shape index (κ1) is 11.3. The molecule has 0 bridgehead atoms. The fourth-order valence-electron chi connectivity index (χ4n) is 1.60. The second-order valence-corrected chi connectivity index (χ2v) is 3.83. The van der Waals surface area contributed by atoms with Gasteiger partial charge in [-0.15, -0.1) is 0 Å². The quantitative estimate of drug-likeness (QED) is 0.776.